The number of hydroxylamine groups is 1. The number of aromatic nitrogens is 1. The minimum Gasteiger partial charge on any atom is -0.358 e. The first kappa shape index (κ1) is 19.7. The van der Waals surface area contributed by atoms with Crippen LogP contribution in [0.25, 0.3) is 10.9 Å². The van der Waals surface area contributed by atoms with Gasteiger partial charge in [0, 0.05) is 22.2 Å². The van der Waals surface area contributed by atoms with E-state index in [1.165, 1.54) is 24.3 Å². The number of imide groups is 1. The summed E-state index contributed by atoms with van der Waals surface area (Å²) in [5.41, 5.74) is 3.88. The van der Waals surface area contributed by atoms with E-state index in [1.807, 2.05) is 61.5 Å². The van der Waals surface area contributed by atoms with Gasteiger partial charge in [0.05, 0.1) is 17.4 Å². The fraction of sp³-hybridized carbons (Fsp3) is 0.154. The highest BCUT2D eigenvalue weighted by Crippen LogP contribution is 2.49. The van der Waals surface area contributed by atoms with Gasteiger partial charge in [-0.3, -0.25) is 14.4 Å². The quantitative estimate of drug-likeness (QED) is 0.470. The molecule has 1 N–H and O–H groups in total. The Hall–Kier alpha value is -3.97. The molecular weight excluding hydrogens is 421 g/mol. The summed E-state index contributed by atoms with van der Waals surface area (Å²) in [6, 6.07) is 22.2. The van der Waals surface area contributed by atoms with E-state index in [0.29, 0.717) is 5.69 Å². The molecule has 0 radical (unpaired) electrons. The second-order valence-electron chi connectivity index (χ2n) is 8.36. The average molecular weight is 441 g/mol. The molecule has 2 aliphatic rings. The number of para-hydroxylation sites is 2. The summed E-state index contributed by atoms with van der Waals surface area (Å²) in [5.74, 6) is -1.99. The number of carbonyl (C=O) groups is 2. The van der Waals surface area contributed by atoms with Gasteiger partial charge < -0.3 is 4.98 Å². The maximum absolute atomic E-state index is 13.7. The zero-order valence-corrected chi connectivity index (χ0v) is 17.7. The number of nitrogens with one attached hydrogen (secondary N) is 1. The van der Waals surface area contributed by atoms with Gasteiger partial charge in [0.2, 0.25) is 5.91 Å². The van der Waals surface area contributed by atoms with Crippen LogP contribution in [0.4, 0.5) is 15.8 Å². The molecular formula is C26H20FN3O3. The molecule has 0 aliphatic carbocycles. The number of rotatable bonds is 3. The average Bonchev–Trinajstić information content (AvgIpc) is 3.44. The fourth-order valence-corrected chi connectivity index (χ4v) is 5.03. The molecule has 3 unspecified atom stereocenters. The molecule has 3 heterocycles. The molecule has 0 bridgehead atoms. The third-order valence-electron chi connectivity index (χ3n) is 6.45. The lowest BCUT2D eigenvalue weighted by atomic mass is 9.89. The van der Waals surface area contributed by atoms with Crippen LogP contribution < -0.4 is 9.96 Å². The van der Waals surface area contributed by atoms with Crippen LogP contribution in [0.5, 0.6) is 0 Å². The van der Waals surface area contributed by atoms with Crippen LogP contribution >= 0.6 is 0 Å². The van der Waals surface area contributed by atoms with E-state index in [9.17, 15) is 14.0 Å². The second-order valence-corrected chi connectivity index (χ2v) is 8.36. The van der Waals surface area contributed by atoms with Crippen molar-refractivity contribution < 1.29 is 18.8 Å². The largest absolute Gasteiger partial charge is 0.358 e. The first-order valence-electron chi connectivity index (χ1n) is 10.8. The Balaban J connectivity index is 1.51. The van der Waals surface area contributed by atoms with Gasteiger partial charge in [-0.05, 0) is 49.4 Å². The van der Waals surface area contributed by atoms with Gasteiger partial charge in [0.15, 0.2) is 6.10 Å². The summed E-state index contributed by atoms with van der Waals surface area (Å²) in [5, 5.41) is 2.67. The molecule has 6 rings (SSSR count). The summed E-state index contributed by atoms with van der Waals surface area (Å²) in [6.07, 6.45) is -0.971. The van der Waals surface area contributed by atoms with Crippen molar-refractivity contribution in [2.75, 3.05) is 9.96 Å². The van der Waals surface area contributed by atoms with Crippen molar-refractivity contribution in [2.24, 2.45) is 5.92 Å². The second kappa shape index (κ2) is 7.28. The number of fused-ring (bicyclic) bond motifs is 2. The number of carbonyl (C=O) groups excluding carboxylic acids is 2. The van der Waals surface area contributed by atoms with Gasteiger partial charge in [-0.1, -0.05) is 36.4 Å². The number of H-pyrrole nitrogens is 1. The van der Waals surface area contributed by atoms with Crippen LogP contribution in [-0.2, 0) is 14.4 Å². The Kier molecular flexibility index (Phi) is 4.35. The fourth-order valence-electron chi connectivity index (χ4n) is 5.03. The lowest BCUT2D eigenvalue weighted by Gasteiger charge is -2.29. The third-order valence-corrected chi connectivity index (χ3v) is 6.45. The van der Waals surface area contributed by atoms with Crippen LogP contribution in [-0.4, -0.2) is 22.9 Å². The molecule has 0 spiro atoms. The molecule has 0 saturated carbocycles. The van der Waals surface area contributed by atoms with E-state index in [4.69, 9.17) is 4.84 Å². The standard InChI is InChI=1S/C26H20FN3O3/c1-15-21(19-9-5-6-10-20(19)28-15)23-22-24(33-30(23)18-7-3-2-4-8-18)26(32)29(25(22)31)17-13-11-16(27)12-14-17/h2-14,22-24,28H,1H3. The normalized spacial score (nSPS) is 22.4. The number of hydrogen-bond donors (Lipinski definition) is 1. The van der Waals surface area contributed by atoms with Gasteiger partial charge >= 0.3 is 0 Å². The van der Waals surface area contributed by atoms with E-state index in [1.54, 1.807) is 5.06 Å². The number of benzene rings is 3. The topological polar surface area (TPSA) is 65.6 Å². The van der Waals surface area contributed by atoms with Crippen molar-refractivity contribution in [1.82, 2.24) is 4.98 Å². The van der Waals surface area contributed by atoms with Crippen molar-refractivity contribution in [1.29, 1.82) is 0 Å². The predicted molar refractivity (Wildman–Crippen MR) is 122 cm³/mol. The summed E-state index contributed by atoms with van der Waals surface area (Å²) < 4.78 is 13.5. The molecule has 2 fully saturated rings. The maximum Gasteiger partial charge on any atom is 0.266 e. The minimum absolute atomic E-state index is 0.338. The highest BCUT2D eigenvalue weighted by atomic mass is 19.1. The zero-order valence-electron chi connectivity index (χ0n) is 17.7. The molecule has 3 aromatic carbocycles. The zero-order chi connectivity index (χ0) is 22.7. The number of hydrogen-bond acceptors (Lipinski definition) is 4. The molecule has 7 heteroatoms. The monoisotopic (exact) mass is 441 g/mol. The van der Waals surface area contributed by atoms with Gasteiger partial charge in [0.25, 0.3) is 5.91 Å². The Morgan fingerprint density at radius 3 is 2.30 bits per heavy atom. The number of amides is 2. The Morgan fingerprint density at radius 1 is 0.848 bits per heavy atom. The first-order valence-corrected chi connectivity index (χ1v) is 10.8. The molecule has 4 aromatic rings. The molecule has 164 valence electrons. The molecule has 6 nitrogen and oxygen atoms in total. The van der Waals surface area contributed by atoms with Crippen molar-refractivity contribution in [3.63, 3.8) is 0 Å². The summed E-state index contributed by atoms with van der Waals surface area (Å²) in [7, 11) is 0. The highest BCUT2D eigenvalue weighted by Gasteiger charge is 2.60. The van der Waals surface area contributed by atoms with E-state index >= 15 is 0 Å². The van der Waals surface area contributed by atoms with Gasteiger partial charge in [0.1, 0.15) is 11.7 Å². The van der Waals surface area contributed by atoms with Crippen LogP contribution in [0.3, 0.4) is 0 Å². The molecule has 2 saturated heterocycles. The van der Waals surface area contributed by atoms with Crippen molar-refractivity contribution in [2.45, 2.75) is 19.1 Å². The van der Waals surface area contributed by atoms with Crippen molar-refractivity contribution >= 4 is 34.1 Å². The number of aromatic amines is 1. The van der Waals surface area contributed by atoms with Crippen LogP contribution in [0, 0.1) is 18.7 Å². The molecule has 2 amide bonds. The Morgan fingerprint density at radius 2 is 1.55 bits per heavy atom. The number of aryl methyl sites for hydroxylation is 1. The molecule has 33 heavy (non-hydrogen) atoms. The van der Waals surface area contributed by atoms with E-state index in [-0.39, 0.29) is 5.91 Å². The smallest absolute Gasteiger partial charge is 0.266 e. The molecule has 3 atom stereocenters. The number of halogens is 1. The number of anilines is 2. The van der Waals surface area contributed by atoms with E-state index in [0.717, 1.165) is 32.7 Å². The van der Waals surface area contributed by atoms with Gasteiger partial charge in [-0.15, -0.1) is 0 Å². The summed E-state index contributed by atoms with van der Waals surface area (Å²) in [4.78, 5) is 37.8. The van der Waals surface area contributed by atoms with Crippen molar-refractivity contribution in [3.8, 4) is 0 Å². The van der Waals surface area contributed by atoms with Gasteiger partial charge in [-0.2, -0.15) is 0 Å². The lowest BCUT2D eigenvalue weighted by Crippen LogP contribution is -2.37. The maximum atomic E-state index is 13.7. The summed E-state index contributed by atoms with van der Waals surface area (Å²) in [6.45, 7) is 1.96. The van der Waals surface area contributed by atoms with Gasteiger partial charge in [-0.25, -0.2) is 14.4 Å². The minimum atomic E-state index is -0.971. The van der Waals surface area contributed by atoms with Crippen LogP contribution in [0.1, 0.15) is 17.3 Å². The molecule has 2 aliphatic heterocycles. The van der Waals surface area contributed by atoms with E-state index < -0.39 is 29.8 Å². The summed E-state index contributed by atoms with van der Waals surface area (Å²) >= 11 is 0. The lowest BCUT2D eigenvalue weighted by molar-refractivity contribution is -0.126. The van der Waals surface area contributed by atoms with Crippen LogP contribution in [0.15, 0.2) is 78.9 Å². The molecule has 1 aromatic heterocycles. The SMILES string of the molecule is Cc1[nH]c2ccccc2c1C1C2C(=O)N(c3ccc(F)cc3)C(=O)C2ON1c1ccccc1. The highest BCUT2D eigenvalue weighted by molar-refractivity contribution is 6.24. The Labute approximate surface area is 189 Å². The van der Waals surface area contributed by atoms with Crippen LogP contribution in [0.2, 0.25) is 0 Å². The number of nitrogens with zero attached hydrogens (tertiary/aromatic N) is 2. The first-order chi connectivity index (χ1) is 16.0. The third kappa shape index (κ3) is 2.89. The van der Waals surface area contributed by atoms with Crippen molar-refractivity contribution in [3.05, 3.63) is 95.9 Å². The van der Waals surface area contributed by atoms with E-state index in [2.05, 4.69) is 4.98 Å². The Bertz CT molecular complexity index is 1380. The predicted octanol–water partition coefficient (Wildman–Crippen LogP) is 4.67.